The summed E-state index contributed by atoms with van der Waals surface area (Å²) in [6.45, 7) is 0. The summed E-state index contributed by atoms with van der Waals surface area (Å²) < 4.78 is 0.971. The number of fused-ring (bicyclic) bond motifs is 2. The first kappa shape index (κ1) is 10.7. The molecule has 0 spiro atoms. The Kier molecular flexibility index (Phi) is 2.32. The third-order valence-electron chi connectivity index (χ3n) is 3.28. The minimum Gasteiger partial charge on any atom is -0.336 e. The molecule has 0 atom stereocenters. The monoisotopic (exact) mass is 319 g/mol. The summed E-state index contributed by atoms with van der Waals surface area (Å²) in [7, 11) is 0. The Bertz CT molecular complexity index is 722. The number of imidazole rings is 1. The summed E-state index contributed by atoms with van der Waals surface area (Å²) >= 11 is 5.29. The van der Waals surface area contributed by atoms with Crippen LogP contribution in [0.4, 0.5) is 0 Å². The van der Waals surface area contributed by atoms with Gasteiger partial charge >= 0.3 is 0 Å². The van der Waals surface area contributed by atoms with E-state index in [1.165, 1.54) is 34.6 Å². The summed E-state index contributed by atoms with van der Waals surface area (Å²) in [6.07, 6.45) is 5.53. The molecule has 90 valence electrons. The highest BCUT2D eigenvalue weighted by Crippen LogP contribution is 2.35. The Balaban J connectivity index is 1.85. The second-order valence-electron chi connectivity index (χ2n) is 4.52. The predicted octanol–water partition coefficient (Wildman–Crippen LogP) is 3.94. The number of pyridine rings is 1. The van der Waals surface area contributed by atoms with Crippen molar-refractivity contribution >= 4 is 38.4 Å². The van der Waals surface area contributed by atoms with Gasteiger partial charge in [-0.2, -0.15) is 0 Å². The molecule has 3 heterocycles. The van der Waals surface area contributed by atoms with Gasteiger partial charge in [-0.05, 0) is 52.9 Å². The van der Waals surface area contributed by atoms with Crippen LogP contribution in [0.1, 0.15) is 16.9 Å². The van der Waals surface area contributed by atoms with Crippen LogP contribution >= 0.6 is 27.3 Å². The summed E-state index contributed by atoms with van der Waals surface area (Å²) in [5, 5.41) is 0. The van der Waals surface area contributed by atoms with E-state index in [2.05, 4.69) is 36.9 Å². The molecule has 0 aliphatic heterocycles. The van der Waals surface area contributed by atoms with Gasteiger partial charge in [0.2, 0.25) is 0 Å². The van der Waals surface area contributed by atoms with Gasteiger partial charge < -0.3 is 4.98 Å². The zero-order valence-electron chi connectivity index (χ0n) is 9.53. The first-order valence-electron chi connectivity index (χ1n) is 5.93. The van der Waals surface area contributed by atoms with Crippen LogP contribution in [0.5, 0.6) is 0 Å². The highest BCUT2D eigenvalue weighted by atomic mass is 79.9. The molecular weight excluding hydrogens is 310 g/mol. The number of hydrogen-bond acceptors (Lipinski definition) is 3. The Morgan fingerprint density at radius 1 is 1.28 bits per heavy atom. The third kappa shape index (κ3) is 1.61. The van der Waals surface area contributed by atoms with Crippen LogP contribution in [0.2, 0.25) is 0 Å². The van der Waals surface area contributed by atoms with E-state index in [9.17, 15) is 0 Å². The summed E-state index contributed by atoms with van der Waals surface area (Å²) in [4.78, 5) is 15.0. The van der Waals surface area contributed by atoms with Gasteiger partial charge in [0.1, 0.15) is 0 Å². The van der Waals surface area contributed by atoms with Crippen LogP contribution in [-0.2, 0) is 12.8 Å². The maximum absolute atomic E-state index is 4.56. The lowest BCUT2D eigenvalue weighted by molar-refractivity contribution is 0.915. The number of aromatic nitrogens is 3. The molecule has 1 N–H and O–H groups in total. The number of aryl methyl sites for hydroxylation is 2. The average molecular weight is 320 g/mol. The standard InChI is InChI=1S/C13H10BrN3S/c14-8-5-9-12(15-6-8)17-13(16-9)11-4-7-2-1-3-10(7)18-11/h4-6H,1-3H2,(H,15,16,17). The van der Waals surface area contributed by atoms with Crippen molar-refractivity contribution in [3.05, 3.63) is 33.2 Å². The highest BCUT2D eigenvalue weighted by Gasteiger charge is 2.17. The normalized spacial score (nSPS) is 14.3. The van der Waals surface area contributed by atoms with Crippen molar-refractivity contribution in [1.82, 2.24) is 15.0 Å². The highest BCUT2D eigenvalue weighted by molar-refractivity contribution is 9.10. The largest absolute Gasteiger partial charge is 0.336 e. The van der Waals surface area contributed by atoms with Crippen LogP contribution in [0.3, 0.4) is 0 Å². The minimum atomic E-state index is 0.779. The number of hydrogen-bond donors (Lipinski definition) is 1. The zero-order valence-corrected chi connectivity index (χ0v) is 11.9. The molecule has 0 saturated heterocycles. The van der Waals surface area contributed by atoms with Gasteiger partial charge in [-0.1, -0.05) is 0 Å². The topological polar surface area (TPSA) is 41.6 Å². The maximum Gasteiger partial charge on any atom is 0.178 e. The predicted molar refractivity (Wildman–Crippen MR) is 76.9 cm³/mol. The van der Waals surface area contributed by atoms with Crippen LogP contribution in [0.15, 0.2) is 22.8 Å². The van der Waals surface area contributed by atoms with E-state index in [1.54, 1.807) is 6.20 Å². The smallest absolute Gasteiger partial charge is 0.178 e. The van der Waals surface area contributed by atoms with Gasteiger partial charge in [0, 0.05) is 15.5 Å². The van der Waals surface area contributed by atoms with Gasteiger partial charge in [0.15, 0.2) is 11.5 Å². The fourth-order valence-electron chi connectivity index (χ4n) is 2.44. The number of nitrogens with zero attached hydrogens (tertiary/aromatic N) is 2. The van der Waals surface area contributed by atoms with Crippen LogP contribution in [-0.4, -0.2) is 15.0 Å². The number of halogens is 1. The molecule has 0 aromatic carbocycles. The summed E-state index contributed by atoms with van der Waals surface area (Å²) in [5.74, 6) is 0.940. The van der Waals surface area contributed by atoms with Crippen molar-refractivity contribution in [3.63, 3.8) is 0 Å². The maximum atomic E-state index is 4.56. The SMILES string of the molecule is Brc1cnc2nc(-c3cc4c(s3)CCC4)[nH]c2c1. The Labute approximate surface area is 116 Å². The Hall–Kier alpha value is -1.20. The van der Waals surface area contributed by atoms with Gasteiger partial charge in [-0.15, -0.1) is 11.3 Å². The van der Waals surface area contributed by atoms with Gasteiger partial charge in [0.25, 0.3) is 0 Å². The van der Waals surface area contributed by atoms with Crippen molar-refractivity contribution in [2.75, 3.05) is 0 Å². The quantitative estimate of drug-likeness (QED) is 0.738. The van der Waals surface area contributed by atoms with Gasteiger partial charge in [-0.3, -0.25) is 0 Å². The second kappa shape index (κ2) is 3.90. The number of rotatable bonds is 1. The van der Waals surface area contributed by atoms with E-state index < -0.39 is 0 Å². The Morgan fingerprint density at radius 2 is 2.22 bits per heavy atom. The van der Waals surface area contributed by atoms with E-state index in [0.717, 1.165) is 21.5 Å². The summed E-state index contributed by atoms with van der Waals surface area (Å²) in [6, 6.07) is 4.29. The average Bonchev–Trinajstić information content (AvgIpc) is 2.99. The van der Waals surface area contributed by atoms with E-state index in [-0.39, 0.29) is 0 Å². The zero-order chi connectivity index (χ0) is 12.1. The van der Waals surface area contributed by atoms with Crippen molar-refractivity contribution in [3.8, 4) is 10.7 Å². The first-order valence-corrected chi connectivity index (χ1v) is 7.54. The molecule has 0 radical (unpaired) electrons. The molecule has 0 bridgehead atoms. The molecule has 0 fully saturated rings. The molecule has 3 aromatic rings. The number of thiophene rings is 1. The molecule has 3 aromatic heterocycles. The number of nitrogens with one attached hydrogen (secondary N) is 1. The molecule has 3 nitrogen and oxygen atoms in total. The lowest BCUT2D eigenvalue weighted by Crippen LogP contribution is -1.76. The second-order valence-corrected chi connectivity index (χ2v) is 6.58. The minimum absolute atomic E-state index is 0.779. The van der Waals surface area contributed by atoms with E-state index >= 15 is 0 Å². The fraction of sp³-hybridized carbons (Fsp3) is 0.231. The van der Waals surface area contributed by atoms with Crippen molar-refractivity contribution in [2.45, 2.75) is 19.3 Å². The third-order valence-corrected chi connectivity index (χ3v) is 4.96. The van der Waals surface area contributed by atoms with Crippen molar-refractivity contribution in [1.29, 1.82) is 0 Å². The van der Waals surface area contributed by atoms with E-state index in [0.29, 0.717) is 0 Å². The van der Waals surface area contributed by atoms with Crippen molar-refractivity contribution in [2.24, 2.45) is 0 Å². The molecule has 4 rings (SSSR count). The van der Waals surface area contributed by atoms with Gasteiger partial charge in [0.05, 0.1) is 10.4 Å². The lowest BCUT2D eigenvalue weighted by atomic mass is 10.2. The van der Waals surface area contributed by atoms with Crippen LogP contribution < -0.4 is 0 Å². The first-order chi connectivity index (χ1) is 8.79. The van der Waals surface area contributed by atoms with Crippen LogP contribution in [0, 0.1) is 0 Å². The molecule has 1 aliphatic carbocycles. The molecular formula is C13H10BrN3S. The lowest BCUT2D eigenvalue weighted by Gasteiger charge is -1.89. The fourth-order valence-corrected chi connectivity index (χ4v) is 3.97. The van der Waals surface area contributed by atoms with Crippen molar-refractivity contribution < 1.29 is 0 Å². The molecule has 18 heavy (non-hydrogen) atoms. The molecule has 1 aliphatic rings. The molecule has 5 heteroatoms. The number of H-pyrrole nitrogens is 1. The van der Waals surface area contributed by atoms with Gasteiger partial charge in [-0.25, -0.2) is 9.97 Å². The van der Waals surface area contributed by atoms with E-state index in [1.807, 2.05) is 17.4 Å². The molecule has 0 amide bonds. The number of aromatic amines is 1. The Morgan fingerprint density at radius 3 is 3.11 bits per heavy atom. The molecule has 0 unspecified atom stereocenters. The summed E-state index contributed by atoms with van der Waals surface area (Å²) in [5.41, 5.74) is 3.26. The van der Waals surface area contributed by atoms with E-state index in [4.69, 9.17) is 0 Å². The molecule has 0 saturated carbocycles. The van der Waals surface area contributed by atoms with Crippen LogP contribution in [0.25, 0.3) is 21.9 Å².